The molecule has 64 valence electrons. The summed E-state index contributed by atoms with van der Waals surface area (Å²) in [6.07, 6.45) is -2.71. The molecule has 0 aliphatic heterocycles. The van der Waals surface area contributed by atoms with Gasteiger partial charge in [0.05, 0.1) is 6.04 Å². The Balaban J connectivity index is 3.84. The lowest BCUT2D eigenvalue weighted by Crippen LogP contribution is -2.39. The molecule has 0 aliphatic carbocycles. The van der Waals surface area contributed by atoms with Crippen molar-refractivity contribution < 1.29 is 19.1 Å². The summed E-state index contributed by atoms with van der Waals surface area (Å²) in [6.45, 7) is 0. The van der Waals surface area contributed by atoms with Crippen molar-refractivity contribution >= 4 is 11.9 Å². The van der Waals surface area contributed by atoms with E-state index in [4.69, 9.17) is 10.8 Å². The first kappa shape index (κ1) is 9.83. The fraction of sp³-hybridized carbons (Fsp3) is 0.600. The molecule has 0 fully saturated rings. The number of rotatable bonds is 4. The van der Waals surface area contributed by atoms with E-state index < -0.39 is 30.5 Å². The molecule has 0 saturated carbocycles. The van der Waals surface area contributed by atoms with E-state index in [9.17, 15) is 14.0 Å². The molecule has 5 N–H and O–H groups in total. The van der Waals surface area contributed by atoms with Gasteiger partial charge in [0.15, 0.2) is 6.17 Å². The van der Waals surface area contributed by atoms with Crippen molar-refractivity contribution in [2.45, 2.75) is 18.6 Å². The number of amides is 1. The fourth-order valence-electron chi connectivity index (χ4n) is 0.440. The zero-order valence-electron chi connectivity index (χ0n) is 5.66. The second-order valence-electron chi connectivity index (χ2n) is 2.05. The standard InChI is InChI=1S/C5H9FN2O3/c6-2(5(10)11)1-3(7)4(8)9/h2-3H,1,7H2,(H2,8,9)(H,10,11)/t2-,3+/m0/s1. The lowest BCUT2D eigenvalue weighted by molar-refractivity contribution is -0.143. The van der Waals surface area contributed by atoms with Crippen molar-refractivity contribution in [1.82, 2.24) is 0 Å². The number of carboxylic acid groups (broad SMARTS) is 1. The summed E-state index contributed by atoms with van der Waals surface area (Å²) in [6, 6.07) is -1.24. The van der Waals surface area contributed by atoms with E-state index in [-0.39, 0.29) is 0 Å². The molecule has 0 heterocycles. The molecule has 0 unspecified atom stereocenters. The van der Waals surface area contributed by atoms with Crippen LogP contribution in [0, 0.1) is 0 Å². The molecule has 11 heavy (non-hydrogen) atoms. The number of halogens is 1. The molecule has 0 aromatic rings. The van der Waals surface area contributed by atoms with Crippen LogP contribution in [0.2, 0.25) is 0 Å². The Morgan fingerprint density at radius 2 is 2.00 bits per heavy atom. The third kappa shape index (κ3) is 3.51. The van der Waals surface area contributed by atoms with Crippen LogP contribution in [0.5, 0.6) is 0 Å². The van der Waals surface area contributed by atoms with Crippen molar-refractivity contribution in [2.75, 3.05) is 0 Å². The molecule has 1 amide bonds. The molecule has 0 bridgehead atoms. The van der Waals surface area contributed by atoms with Gasteiger partial charge in [0, 0.05) is 6.42 Å². The zero-order chi connectivity index (χ0) is 9.02. The quantitative estimate of drug-likeness (QED) is 0.475. The van der Waals surface area contributed by atoms with Gasteiger partial charge >= 0.3 is 5.97 Å². The van der Waals surface area contributed by atoms with E-state index >= 15 is 0 Å². The van der Waals surface area contributed by atoms with E-state index in [0.717, 1.165) is 0 Å². The van der Waals surface area contributed by atoms with Gasteiger partial charge in [0.2, 0.25) is 5.91 Å². The predicted molar refractivity (Wildman–Crippen MR) is 34.3 cm³/mol. The first-order valence-corrected chi connectivity index (χ1v) is 2.87. The number of carbonyl (C=O) groups excluding carboxylic acids is 1. The highest BCUT2D eigenvalue weighted by Gasteiger charge is 2.22. The van der Waals surface area contributed by atoms with Crippen LogP contribution in [0.1, 0.15) is 6.42 Å². The van der Waals surface area contributed by atoms with Crippen molar-refractivity contribution in [3.63, 3.8) is 0 Å². The lowest BCUT2D eigenvalue weighted by atomic mass is 10.1. The molecule has 2 atom stereocenters. The van der Waals surface area contributed by atoms with Crippen LogP contribution in [0.25, 0.3) is 0 Å². The van der Waals surface area contributed by atoms with Gasteiger partial charge in [0.25, 0.3) is 0 Å². The average molecular weight is 164 g/mol. The Labute approximate surface area is 62.2 Å². The molecule has 0 aromatic heterocycles. The Morgan fingerprint density at radius 3 is 2.27 bits per heavy atom. The Bertz CT molecular complexity index is 155. The number of aliphatic carboxylic acids is 1. The SMILES string of the molecule is NC(=O)[C@H](N)C[C@H](F)C(=O)O. The zero-order valence-corrected chi connectivity index (χ0v) is 5.66. The van der Waals surface area contributed by atoms with E-state index in [0.29, 0.717) is 0 Å². The van der Waals surface area contributed by atoms with Crippen molar-refractivity contribution in [3.8, 4) is 0 Å². The first-order valence-electron chi connectivity index (χ1n) is 2.87. The van der Waals surface area contributed by atoms with E-state index in [1.54, 1.807) is 0 Å². The number of hydrogen-bond donors (Lipinski definition) is 3. The minimum atomic E-state index is -2.13. The lowest BCUT2D eigenvalue weighted by Gasteiger charge is -2.07. The van der Waals surface area contributed by atoms with Gasteiger partial charge in [-0.25, -0.2) is 9.18 Å². The molecule has 0 aromatic carbocycles. The number of nitrogens with two attached hydrogens (primary N) is 2. The highest BCUT2D eigenvalue weighted by molar-refractivity contribution is 5.81. The summed E-state index contributed by atoms with van der Waals surface area (Å²) in [7, 11) is 0. The van der Waals surface area contributed by atoms with Crippen LogP contribution < -0.4 is 11.5 Å². The molecule has 5 nitrogen and oxygen atoms in total. The largest absolute Gasteiger partial charge is 0.479 e. The summed E-state index contributed by atoms with van der Waals surface area (Å²) in [4.78, 5) is 20.1. The van der Waals surface area contributed by atoms with E-state index in [1.165, 1.54) is 0 Å². The van der Waals surface area contributed by atoms with Crippen LogP contribution in [0.15, 0.2) is 0 Å². The maximum Gasteiger partial charge on any atom is 0.338 e. The molecule has 0 saturated heterocycles. The molecule has 0 aliphatic rings. The highest BCUT2D eigenvalue weighted by atomic mass is 19.1. The summed E-state index contributed by atoms with van der Waals surface area (Å²) in [5.74, 6) is -2.55. The van der Waals surface area contributed by atoms with Crippen LogP contribution in [-0.4, -0.2) is 29.2 Å². The summed E-state index contributed by atoms with van der Waals surface area (Å²) in [5, 5.41) is 8.03. The minimum absolute atomic E-state index is 0.579. The van der Waals surface area contributed by atoms with Crippen LogP contribution in [0.3, 0.4) is 0 Å². The first-order chi connectivity index (χ1) is 4.95. The number of alkyl halides is 1. The van der Waals surface area contributed by atoms with E-state index in [1.807, 2.05) is 0 Å². The molecule has 0 spiro atoms. The van der Waals surface area contributed by atoms with Crippen LogP contribution in [-0.2, 0) is 9.59 Å². The van der Waals surface area contributed by atoms with Gasteiger partial charge < -0.3 is 16.6 Å². The monoisotopic (exact) mass is 164 g/mol. The van der Waals surface area contributed by atoms with Crippen LogP contribution >= 0.6 is 0 Å². The second kappa shape index (κ2) is 3.87. The van der Waals surface area contributed by atoms with Gasteiger partial charge in [-0.1, -0.05) is 0 Å². The number of hydrogen-bond acceptors (Lipinski definition) is 3. The van der Waals surface area contributed by atoms with Crippen molar-refractivity contribution in [2.24, 2.45) is 11.5 Å². The number of carbonyl (C=O) groups is 2. The summed E-state index contributed by atoms with van der Waals surface area (Å²) >= 11 is 0. The predicted octanol–water partition coefficient (Wildman–Crippen LogP) is -1.39. The molecular formula is C5H9FN2O3. The number of carboxylic acids is 1. The summed E-state index contributed by atoms with van der Waals surface area (Å²) < 4.78 is 12.2. The van der Waals surface area contributed by atoms with Gasteiger partial charge in [-0.2, -0.15) is 0 Å². The highest BCUT2D eigenvalue weighted by Crippen LogP contribution is 2.00. The summed E-state index contributed by atoms with van der Waals surface area (Å²) in [5.41, 5.74) is 9.64. The number of primary amides is 1. The third-order valence-electron chi connectivity index (χ3n) is 1.09. The van der Waals surface area contributed by atoms with Crippen LogP contribution in [0.4, 0.5) is 4.39 Å². The average Bonchev–Trinajstić information content (AvgIpc) is 1.87. The van der Waals surface area contributed by atoms with Gasteiger partial charge in [0.1, 0.15) is 0 Å². The third-order valence-corrected chi connectivity index (χ3v) is 1.09. The van der Waals surface area contributed by atoms with Gasteiger partial charge in [-0.3, -0.25) is 4.79 Å². The molecule has 6 heteroatoms. The maximum atomic E-state index is 12.2. The molecular weight excluding hydrogens is 155 g/mol. The minimum Gasteiger partial charge on any atom is -0.479 e. The van der Waals surface area contributed by atoms with Gasteiger partial charge in [-0.05, 0) is 0 Å². The Kier molecular flexibility index (Phi) is 3.46. The molecule has 0 radical (unpaired) electrons. The second-order valence-corrected chi connectivity index (χ2v) is 2.05. The Morgan fingerprint density at radius 1 is 1.55 bits per heavy atom. The smallest absolute Gasteiger partial charge is 0.338 e. The fourth-order valence-corrected chi connectivity index (χ4v) is 0.440. The maximum absolute atomic E-state index is 12.2. The van der Waals surface area contributed by atoms with Gasteiger partial charge in [-0.15, -0.1) is 0 Å². The van der Waals surface area contributed by atoms with Crippen molar-refractivity contribution in [3.05, 3.63) is 0 Å². The topological polar surface area (TPSA) is 106 Å². The van der Waals surface area contributed by atoms with E-state index in [2.05, 4.69) is 5.73 Å². The normalized spacial score (nSPS) is 15.5. The Hall–Kier alpha value is -1.17. The van der Waals surface area contributed by atoms with Crippen molar-refractivity contribution in [1.29, 1.82) is 0 Å². The molecule has 0 rings (SSSR count).